The molecule has 0 unspecified atom stereocenters. The average molecular weight is 995 g/mol. The summed E-state index contributed by atoms with van der Waals surface area (Å²) in [4.78, 5) is 67.2. The van der Waals surface area contributed by atoms with E-state index in [-0.39, 0.29) is 50.5 Å². The van der Waals surface area contributed by atoms with Crippen LogP contribution < -0.4 is 20.8 Å². The number of benzene rings is 3. The highest BCUT2D eigenvalue weighted by molar-refractivity contribution is 6.21. The molecule has 72 heavy (non-hydrogen) atoms. The molecule has 1 spiro atoms. The van der Waals surface area contributed by atoms with Crippen molar-refractivity contribution in [1.29, 1.82) is 0 Å². The minimum Gasteiger partial charge on any atom is -0.507 e. The molecule has 5 aliphatic heterocycles. The molecule has 1 saturated heterocycles. The van der Waals surface area contributed by atoms with E-state index in [9.17, 15) is 39.6 Å². The molecule has 1 fully saturated rings. The van der Waals surface area contributed by atoms with Gasteiger partial charge in [0.1, 0.15) is 40.4 Å². The third-order valence-electron chi connectivity index (χ3n) is 14.7. The number of phenols is 2. The number of ketones is 1. The van der Waals surface area contributed by atoms with Crippen LogP contribution in [0.3, 0.4) is 0 Å². The lowest BCUT2D eigenvalue weighted by molar-refractivity contribution is -0.167. The maximum Gasteiger partial charge on any atom is 0.317 e. The number of likely N-dealkylation sites (tertiary alicyclic amines) is 1. The molecule has 9 atom stereocenters. The van der Waals surface area contributed by atoms with E-state index in [1.165, 1.54) is 39.4 Å². The molecule has 388 valence electrons. The molecule has 0 aromatic heterocycles. The first-order chi connectivity index (χ1) is 34.1. The van der Waals surface area contributed by atoms with Gasteiger partial charge in [0.2, 0.25) is 0 Å². The fourth-order valence-corrected chi connectivity index (χ4v) is 10.3. The molecule has 5 aliphatic rings. The number of anilines is 1. The van der Waals surface area contributed by atoms with Crippen molar-refractivity contribution in [2.45, 2.75) is 124 Å². The summed E-state index contributed by atoms with van der Waals surface area (Å²) in [5.41, 5.74) is 0.683. The fourth-order valence-electron chi connectivity index (χ4n) is 10.3. The maximum atomic E-state index is 14.9. The van der Waals surface area contributed by atoms with E-state index in [4.69, 9.17) is 28.7 Å². The number of phenolic OH excluding ortho intramolecular Hbond substituents is 2. The summed E-state index contributed by atoms with van der Waals surface area (Å²) in [5, 5.41) is 51.2. The zero-order chi connectivity index (χ0) is 52.4. The van der Waals surface area contributed by atoms with Crippen LogP contribution in [0.4, 0.5) is 5.69 Å². The van der Waals surface area contributed by atoms with E-state index >= 15 is 0 Å². The van der Waals surface area contributed by atoms with Crippen LogP contribution in [0.15, 0.2) is 76.5 Å². The largest absolute Gasteiger partial charge is 0.507 e. The van der Waals surface area contributed by atoms with Crippen LogP contribution in [0.25, 0.3) is 10.8 Å². The van der Waals surface area contributed by atoms with Crippen molar-refractivity contribution in [3.05, 3.63) is 93.9 Å². The van der Waals surface area contributed by atoms with E-state index in [1.807, 2.05) is 30.3 Å². The molecule has 3 aromatic carbocycles. The van der Waals surface area contributed by atoms with Gasteiger partial charge in [-0.2, -0.15) is 0 Å². The average Bonchev–Trinajstić information content (AvgIpc) is 3.85. The molecule has 5 N–H and O–H groups in total. The molecule has 0 saturated carbocycles. The summed E-state index contributed by atoms with van der Waals surface area (Å²) in [5.74, 6) is -8.50. The monoisotopic (exact) mass is 994 g/mol. The highest BCUT2D eigenvalue weighted by atomic mass is 16.7. The van der Waals surface area contributed by atoms with Gasteiger partial charge >= 0.3 is 17.7 Å². The Morgan fingerprint density at radius 2 is 1.61 bits per heavy atom. The fraction of sp³-hybridized carbons (Fsp3) is 0.527. The molecule has 0 aliphatic carbocycles. The van der Waals surface area contributed by atoms with Crippen molar-refractivity contribution < 1.29 is 63.3 Å². The zero-order valence-electron chi connectivity index (χ0n) is 42.9. The smallest absolute Gasteiger partial charge is 0.317 e. The van der Waals surface area contributed by atoms with Gasteiger partial charge in [-0.3, -0.25) is 24.2 Å². The normalized spacial score (nSPS) is 29.3. The number of carbonyl (C=O) groups excluding carboxylic acids is 4. The highest BCUT2D eigenvalue weighted by Crippen LogP contribution is 2.51. The Labute approximate surface area is 420 Å². The second-order valence-corrected chi connectivity index (χ2v) is 20.5. The van der Waals surface area contributed by atoms with Crippen LogP contribution in [0.5, 0.6) is 17.2 Å². The predicted octanol–water partition coefficient (Wildman–Crippen LogP) is 5.91. The number of fused-ring (bicyclic) bond motifs is 13. The summed E-state index contributed by atoms with van der Waals surface area (Å²) in [6, 6.07) is 9.43. The third kappa shape index (κ3) is 10.9. The van der Waals surface area contributed by atoms with Gasteiger partial charge in [-0.15, -0.1) is 0 Å². The van der Waals surface area contributed by atoms with Crippen LogP contribution in [-0.2, 0) is 39.8 Å². The van der Waals surface area contributed by atoms with Crippen LogP contribution in [0, 0.1) is 36.5 Å². The van der Waals surface area contributed by atoms with Gasteiger partial charge in [0.05, 0.1) is 47.8 Å². The lowest BCUT2D eigenvalue weighted by Gasteiger charge is -2.38. The Kier molecular flexibility index (Phi) is 16.3. The van der Waals surface area contributed by atoms with Crippen molar-refractivity contribution in [3.8, 4) is 17.2 Å². The molecule has 1 amide bonds. The van der Waals surface area contributed by atoms with Crippen molar-refractivity contribution in [3.63, 3.8) is 0 Å². The number of esters is 2. The topological polar surface area (TPSA) is 235 Å². The first kappa shape index (κ1) is 53.7. The van der Waals surface area contributed by atoms with Crippen molar-refractivity contribution in [1.82, 2.24) is 4.90 Å². The molecule has 17 nitrogen and oxygen atoms in total. The van der Waals surface area contributed by atoms with Gasteiger partial charge in [-0.25, -0.2) is 4.99 Å². The molecule has 3 aromatic rings. The number of methoxy groups -OCH3 is 1. The number of nitrogens with zero attached hydrogens (tertiary/aromatic N) is 3. The van der Waals surface area contributed by atoms with Crippen LogP contribution in [0.1, 0.15) is 96.1 Å². The number of hydrogen-bond donors (Lipinski definition) is 5. The first-order valence-corrected chi connectivity index (χ1v) is 24.9. The number of aliphatic hydroxyl groups excluding tert-OH is 2. The Balaban J connectivity index is 1.28. The Morgan fingerprint density at radius 1 is 0.917 bits per heavy atom. The number of aliphatic hydroxyl groups is 2. The van der Waals surface area contributed by atoms with Crippen molar-refractivity contribution >= 4 is 40.1 Å². The summed E-state index contributed by atoms with van der Waals surface area (Å²) < 4.78 is 29.8. The Bertz CT molecular complexity index is 2780. The van der Waals surface area contributed by atoms with Crippen molar-refractivity contribution in [2.75, 3.05) is 38.7 Å². The number of hydrogen-bond acceptors (Lipinski definition) is 16. The lowest BCUT2D eigenvalue weighted by Crippen LogP contribution is -2.47. The number of piperidine rings is 1. The van der Waals surface area contributed by atoms with Crippen LogP contribution >= 0.6 is 0 Å². The Hall–Kier alpha value is -6.14. The summed E-state index contributed by atoms with van der Waals surface area (Å²) in [7, 11) is 1.42. The Morgan fingerprint density at radius 3 is 2.28 bits per heavy atom. The molecular formula is C55H70N4O13. The quantitative estimate of drug-likeness (QED) is 0.0953. The summed E-state index contributed by atoms with van der Waals surface area (Å²) >= 11 is 0. The zero-order valence-corrected chi connectivity index (χ0v) is 42.9. The highest BCUT2D eigenvalue weighted by Gasteiger charge is 2.51. The van der Waals surface area contributed by atoms with E-state index in [0.29, 0.717) is 44.0 Å². The molecule has 0 radical (unpaired) electrons. The summed E-state index contributed by atoms with van der Waals surface area (Å²) in [6.45, 7) is 18.0. The van der Waals surface area contributed by atoms with Gasteiger partial charge in [0, 0.05) is 93.1 Å². The van der Waals surface area contributed by atoms with E-state index < -0.39 is 101 Å². The van der Waals surface area contributed by atoms with Gasteiger partial charge < -0.3 is 54.3 Å². The first-order valence-electron chi connectivity index (χ1n) is 24.9. The molecule has 8 rings (SSSR count). The second-order valence-electron chi connectivity index (χ2n) is 20.5. The molecule has 17 heteroatoms. The van der Waals surface area contributed by atoms with Gasteiger partial charge in [0.25, 0.3) is 11.7 Å². The van der Waals surface area contributed by atoms with Crippen LogP contribution in [-0.4, -0.2) is 118 Å². The van der Waals surface area contributed by atoms with Gasteiger partial charge in [-0.05, 0) is 31.4 Å². The third-order valence-corrected chi connectivity index (χ3v) is 14.7. The SMILES string of the molecule is CO[C@H]1/C=C/O[C@@]2(C)Oc3c(C)c(O)c4c(O)c(c5c(c4c3C2=O)NC2(CCN(CC(C)C)CC2)N=5)=NC(=O)/C(C)=C\C=C\[C@H](C)[C@H](O)[C@@H](C)[C@@H](O)[C@@H](C)[C@H](OC(=O)CC(=O)OCCc2ccccc2)[C@@H]1C. The number of carbonyl (C=O) groups is 4. The number of Topliss-reactive ketones (excluding diaryl/α,β-unsaturated/α-hetero) is 1. The summed E-state index contributed by atoms with van der Waals surface area (Å²) in [6.07, 6.45) is 3.98. The number of ether oxygens (including phenoxy) is 5. The minimum atomic E-state index is -2.02. The molecular weight excluding hydrogens is 925 g/mol. The van der Waals surface area contributed by atoms with Crippen LogP contribution in [0.2, 0.25) is 0 Å². The maximum absolute atomic E-state index is 14.9. The number of amides is 1. The van der Waals surface area contributed by atoms with E-state index in [1.54, 1.807) is 46.8 Å². The molecule has 5 bridgehead atoms. The standard InChI is InChI=1S/C55H70N4O13/c1-29(2)28-59-23-21-55(22-24-59)57-43-40-41-48(64)35(8)51-42(40)52(66)54(9,72-51)70-26-20-37(68-10)32(5)50(71-39(61)27-38(60)69-25-19-36-17-12-11-13-18-36)34(7)47(63)33(6)46(62)30(3)15-14-16-31(4)53(67)56-45(49(41)65)44(43)58-55/h11-18,20,26,29-30,32-34,37,46-47,50,57,62-65H,19,21-25,27-28H2,1-10H3/b15-14+,26-20+,31-16-,56-45?/t30-,32+,33+,34+,37-,46-,47+,50+,54-/m0/s1. The van der Waals surface area contributed by atoms with Gasteiger partial charge in [-0.1, -0.05) is 90.1 Å². The van der Waals surface area contributed by atoms with Crippen molar-refractivity contribution in [2.24, 2.45) is 39.6 Å². The van der Waals surface area contributed by atoms with E-state index in [2.05, 4.69) is 29.1 Å². The predicted molar refractivity (Wildman–Crippen MR) is 268 cm³/mol. The number of rotatable bonds is 9. The molecule has 5 heterocycles. The van der Waals surface area contributed by atoms with E-state index in [0.717, 1.165) is 12.1 Å². The van der Waals surface area contributed by atoms with Gasteiger partial charge in [0.15, 0.2) is 5.75 Å². The minimum absolute atomic E-state index is 0.0174. The lowest BCUT2D eigenvalue weighted by atomic mass is 9.78. The number of allylic oxidation sites excluding steroid dienone is 2. The second kappa shape index (κ2) is 21.9. The number of aromatic hydroxyl groups is 2. The number of nitrogens with one attached hydrogen (secondary N) is 1.